The van der Waals surface area contributed by atoms with Crippen LogP contribution in [0.25, 0.3) is 0 Å². The number of carbonyl (C=O) groups is 2. The van der Waals surface area contributed by atoms with Gasteiger partial charge in [-0.15, -0.1) is 0 Å². The molecule has 2 rings (SSSR count). The van der Waals surface area contributed by atoms with Crippen molar-refractivity contribution in [1.82, 2.24) is 5.43 Å². The number of nitrogens with zero attached hydrogens (tertiary/aromatic N) is 1. The molecule has 124 valence electrons. The number of rotatable bonds is 7. The number of ketones is 1. The van der Waals surface area contributed by atoms with E-state index in [0.29, 0.717) is 17.0 Å². The van der Waals surface area contributed by atoms with E-state index in [2.05, 4.69) is 10.5 Å². The van der Waals surface area contributed by atoms with Gasteiger partial charge in [-0.25, -0.2) is 5.84 Å². The molecule has 0 saturated heterocycles. The van der Waals surface area contributed by atoms with Crippen molar-refractivity contribution in [1.29, 1.82) is 0 Å². The van der Waals surface area contributed by atoms with Gasteiger partial charge in [0, 0.05) is 5.56 Å². The molecule has 0 aliphatic heterocycles. The van der Waals surface area contributed by atoms with Crippen LogP contribution in [0.15, 0.2) is 59.7 Å². The second-order valence-electron chi connectivity index (χ2n) is 4.84. The zero-order valence-corrected chi connectivity index (χ0v) is 13.2. The summed E-state index contributed by atoms with van der Waals surface area (Å²) in [4.78, 5) is 24.0. The van der Waals surface area contributed by atoms with E-state index in [-0.39, 0.29) is 17.9 Å². The Morgan fingerprint density at radius 3 is 2.33 bits per heavy atom. The number of hydrazone groups is 1. The lowest BCUT2D eigenvalue weighted by molar-refractivity contribution is -0.115. The minimum Gasteiger partial charge on any atom is -0.497 e. The third-order valence-corrected chi connectivity index (χ3v) is 3.23. The molecule has 0 bridgehead atoms. The second-order valence-corrected chi connectivity index (χ2v) is 4.84. The van der Waals surface area contributed by atoms with Gasteiger partial charge in [-0.2, -0.15) is 5.10 Å². The van der Waals surface area contributed by atoms with Crippen molar-refractivity contribution in [3.63, 3.8) is 0 Å². The molecule has 2 aromatic rings. The van der Waals surface area contributed by atoms with Gasteiger partial charge >= 0.3 is 0 Å². The molecule has 0 saturated carbocycles. The van der Waals surface area contributed by atoms with Gasteiger partial charge in [0.05, 0.1) is 19.2 Å². The lowest BCUT2D eigenvalue weighted by atomic mass is 10.1. The molecule has 0 spiro atoms. The topological polar surface area (TPSA) is 106 Å². The number of carbonyl (C=O) groups excluding carboxylic acids is 2. The average molecular weight is 326 g/mol. The van der Waals surface area contributed by atoms with E-state index >= 15 is 0 Å². The summed E-state index contributed by atoms with van der Waals surface area (Å²) in [6, 6.07) is 15.6. The number of methoxy groups -OCH3 is 1. The van der Waals surface area contributed by atoms with Gasteiger partial charge in [0.25, 0.3) is 5.91 Å². The van der Waals surface area contributed by atoms with E-state index in [0.717, 1.165) is 0 Å². The smallest absolute Gasteiger partial charge is 0.281 e. The number of anilines is 1. The summed E-state index contributed by atoms with van der Waals surface area (Å²) in [5.74, 6) is 5.00. The van der Waals surface area contributed by atoms with Gasteiger partial charge in [-0.1, -0.05) is 30.3 Å². The van der Waals surface area contributed by atoms with E-state index in [4.69, 9.17) is 10.6 Å². The predicted octanol–water partition coefficient (Wildman–Crippen LogP) is 1.73. The lowest BCUT2D eigenvalue weighted by Gasteiger charge is -2.07. The number of hydrogen-bond acceptors (Lipinski definition) is 6. The Kier molecular flexibility index (Phi) is 6.04. The summed E-state index contributed by atoms with van der Waals surface area (Å²) in [5, 5.41) is 4.00. The maximum atomic E-state index is 12.2. The fraction of sp³-hybridized carbons (Fsp3) is 0.118. The molecule has 7 heteroatoms. The third kappa shape index (κ3) is 4.65. The average Bonchev–Trinajstić information content (AvgIpc) is 2.65. The van der Waals surface area contributed by atoms with Gasteiger partial charge in [0.2, 0.25) is 0 Å². The Balaban J connectivity index is 2.12. The van der Waals surface area contributed by atoms with Crippen LogP contribution in [0.3, 0.4) is 0 Å². The van der Waals surface area contributed by atoms with E-state index < -0.39 is 5.91 Å². The monoisotopic (exact) mass is 326 g/mol. The highest BCUT2D eigenvalue weighted by atomic mass is 16.5. The molecule has 0 aromatic heterocycles. The van der Waals surface area contributed by atoms with Crippen LogP contribution in [0.4, 0.5) is 5.69 Å². The summed E-state index contributed by atoms with van der Waals surface area (Å²) in [5.41, 5.74) is 5.86. The first-order valence-electron chi connectivity index (χ1n) is 7.20. The van der Waals surface area contributed by atoms with Crippen LogP contribution in [0.2, 0.25) is 0 Å². The van der Waals surface area contributed by atoms with Crippen LogP contribution in [0, 0.1) is 0 Å². The SMILES string of the molecule is COc1ccc(N/N=C(\CC(=O)c2ccccc2)C(=O)NN)cc1. The standard InChI is InChI=1S/C17H18N4O3/c1-24-14-9-7-13(8-10-14)20-21-15(17(23)19-18)11-16(22)12-5-3-2-4-6-12/h2-10,20H,11,18H2,1H3,(H,19,23)/b21-15+. The Labute approximate surface area is 139 Å². The van der Waals surface area contributed by atoms with Crippen molar-refractivity contribution >= 4 is 23.1 Å². The fourth-order valence-corrected chi connectivity index (χ4v) is 1.93. The van der Waals surface area contributed by atoms with E-state index in [1.165, 1.54) is 0 Å². The fourth-order valence-electron chi connectivity index (χ4n) is 1.93. The molecule has 0 atom stereocenters. The number of ether oxygens (including phenoxy) is 1. The first kappa shape index (κ1) is 17.2. The molecule has 0 unspecified atom stereocenters. The van der Waals surface area contributed by atoms with Crippen molar-refractivity contribution in [2.45, 2.75) is 6.42 Å². The highest BCUT2D eigenvalue weighted by molar-refractivity contribution is 6.42. The zero-order valence-electron chi connectivity index (χ0n) is 13.2. The highest BCUT2D eigenvalue weighted by Crippen LogP contribution is 2.15. The minimum absolute atomic E-state index is 0.0119. The number of Topliss-reactive ketones (excluding diaryl/α,β-unsaturated/α-hetero) is 1. The van der Waals surface area contributed by atoms with E-state index in [1.807, 2.05) is 11.5 Å². The number of benzene rings is 2. The largest absolute Gasteiger partial charge is 0.497 e. The van der Waals surface area contributed by atoms with Crippen LogP contribution in [-0.2, 0) is 4.79 Å². The van der Waals surface area contributed by atoms with Crippen molar-refractivity contribution in [3.8, 4) is 5.75 Å². The van der Waals surface area contributed by atoms with Crippen molar-refractivity contribution in [2.75, 3.05) is 12.5 Å². The Morgan fingerprint density at radius 2 is 1.75 bits per heavy atom. The second kappa shape index (κ2) is 8.44. The maximum Gasteiger partial charge on any atom is 0.281 e. The lowest BCUT2D eigenvalue weighted by Crippen LogP contribution is -2.37. The molecule has 1 amide bonds. The summed E-state index contributed by atoms with van der Waals surface area (Å²) in [6.07, 6.45) is -0.170. The van der Waals surface area contributed by atoms with Gasteiger partial charge in [0.1, 0.15) is 11.5 Å². The number of nitrogens with two attached hydrogens (primary N) is 1. The Morgan fingerprint density at radius 1 is 1.08 bits per heavy atom. The number of amides is 1. The van der Waals surface area contributed by atoms with Gasteiger partial charge in [0.15, 0.2) is 5.78 Å². The zero-order chi connectivity index (χ0) is 17.4. The molecule has 4 N–H and O–H groups in total. The molecule has 24 heavy (non-hydrogen) atoms. The molecule has 7 nitrogen and oxygen atoms in total. The van der Waals surface area contributed by atoms with Gasteiger partial charge in [-0.3, -0.25) is 20.4 Å². The van der Waals surface area contributed by atoms with Crippen LogP contribution in [-0.4, -0.2) is 24.5 Å². The predicted molar refractivity (Wildman–Crippen MR) is 91.8 cm³/mol. The molecule has 2 aromatic carbocycles. The molecular weight excluding hydrogens is 308 g/mol. The van der Waals surface area contributed by atoms with Crippen LogP contribution >= 0.6 is 0 Å². The van der Waals surface area contributed by atoms with E-state index in [9.17, 15) is 9.59 Å². The Hall–Kier alpha value is -3.19. The highest BCUT2D eigenvalue weighted by Gasteiger charge is 2.16. The molecule has 0 radical (unpaired) electrons. The molecular formula is C17H18N4O3. The van der Waals surface area contributed by atoms with Gasteiger partial charge in [-0.05, 0) is 24.3 Å². The van der Waals surface area contributed by atoms with Crippen molar-refractivity contribution in [3.05, 3.63) is 60.2 Å². The Bertz CT molecular complexity index is 727. The molecule has 0 aliphatic rings. The first-order chi connectivity index (χ1) is 11.6. The van der Waals surface area contributed by atoms with Gasteiger partial charge < -0.3 is 4.74 Å². The van der Waals surface area contributed by atoms with Crippen LogP contribution in [0.5, 0.6) is 5.75 Å². The summed E-state index contributed by atoms with van der Waals surface area (Å²) < 4.78 is 5.06. The van der Waals surface area contributed by atoms with Crippen LogP contribution < -0.4 is 21.4 Å². The summed E-state index contributed by atoms with van der Waals surface area (Å²) >= 11 is 0. The van der Waals surface area contributed by atoms with Crippen molar-refractivity contribution < 1.29 is 14.3 Å². The summed E-state index contributed by atoms with van der Waals surface area (Å²) in [7, 11) is 1.57. The molecule has 0 heterocycles. The molecule has 0 fully saturated rings. The molecule has 0 aliphatic carbocycles. The van der Waals surface area contributed by atoms with E-state index in [1.54, 1.807) is 55.6 Å². The van der Waals surface area contributed by atoms with Crippen molar-refractivity contribution in [2.24, 2.45) is 10.9 Å². The summed E-state index contributed by atoms with van der Waals surface area (Å²) in [6.45, 7) is 0. The normalized spacial score (nSPS) is 10.8. The minimum atomic E-state index is -0.625. The maximum absolute atomic E-state index is 12.2. The third-order valence-electron chi connectivity index (χ3n) is 3.23. The number of hydrazine groups is 1. The number of hydrogen-bond donors (Lipinski definition) is 3. The number of nitrogens with one attached hydrogen (secondary N) is 2. The van der Waals surface area contributed by atoms with Crippen LogP contribution in [0.1, 0.15) is 16.8 Å². The quantitative estimate of drug-likeness (QED) is 0.236. The first-order valence-corrected chi connectivity index (χ1v) is 7.20.